The summed E-state index contributed by atoms with van der Waals surface area (Å²) in [7, 11) is 1.95. The van der Waals surface area contributed by atoms with Gasteiger partial charge in [-0.2, -0.15) is 0 Å². The van der Waals surface area contributed by atoms with Crippen molar-refractivity contribution >= 4 is 17.5 Å². The SMILES string of the molecule is CCN(CCNc1ccc2c(c1F)CN(C1CCC(=O)NC1=O)C2)C1CCN(C)CC1(C)F. The molecule has 3 unspecified atom stereocenters. The Bertz CT molecular complexity index is 909. The van der Waals surface area contributed by atoms with Crippen molar-refractivity contribution in [1.82, 2.24) is 20.0 Å². The van der Waals surface area contributed by atoms with Crippen molar-refractivity contribution in [2.45, 2.75) is 64.0 Å². The first-order valence-electron chi connectivity index (χ1n) is 11.9. The van der Waals surface area contributed by atoms with Gasteiger partial charge in [-0.05, 0) is 51.5 Å². The molecular weight excluding hydrogens is 428 g/mol. The van der Waals surface area contributed by atoms with Crippen molar-refractivity contribution in [1.29, 1.82) is 0 Å². The van der Waals surface area contributed by atoms with Gasteiger partial charge in [0.1, 0.15) is 5.67 Å². The van der Waals surface area contributed by atoms with E-state index in [0.29, 0.717) is 56.8 Å². The number of carbonyl (C=O) groups is 2. The van der Waals surface area contributed by atoms with E-state index >= 15 is 8.78 Å². The molecule has 2 amide bonds. The summed E-state index contributed by atoms with van der Waals surface area (Å²) >= 11 is 0. The molecule has 0 aromatic heterocycles. The maximum absolute atomic E-state index is 15.3. The van der Waals surface area contributed by atoms with Crippen molar-refractivity contribution in [3.8, 4) is 0 Å². The van der Waals surface area contributed by atoms with Crippen LogP contribution in [0.3, 0.4) is 0 Å². The Morgan fingerprint density at radius 3 is 2.76 bits per heavy atom. The highest BCUT2D eigenvalue weighted by molar-refractivity contribution is 6.00. The monoisotopic (exact) mass is 463 g/mol. The number of hydrogen-bond donors (Lipinski definition) is 2. The molecule has 1 aromatic carbocycles. The number of piperidine rings is 2. The highest BCUT2D eigenvalue weighted by Gasteiger charge is 2.41. The minimum atomic E-state index is -1.28. The standard InChI is InChI=1S/C24H35F2N5O2/c1-4-30(20-9-11-29(3)15-24(20,2)26)12-10-27-18-6-5-16-13-31(14-17(16)22(18)25)19-7-8-21(32)28-23(19)33/h5-6,19-20,27H,4,7-15H2,1-3H3,(H,28,32,33). The first-order valence-corrected chi connectivity index (χ1v) is 11.9. The van der Waals surface area contributed by atoms with Gasteiger partial charge in [-0.1, -0.05) is 13.0 Å². The highest BCUT2D eigenvalue weighted by atomic mass is 19.1. The van der Waals surface area contributed by atoms with Crippen LogP contribution in [0.2, 0.25) is 0 Å². The molecule has 4 rings (SSSR count). The minimum absolute atomic E-state index is 0.146. The van der Waals surface area contributed by atoms with Crippen LogP contribution in [0.5, 0.6) is 0 Å². The minimum Gasteiger partial charge on any atom is -0.381 e. The van der Waals surface area contributed by atoms with E-state index in [9.17, 15) is 9.59 Å². The molecule has 7 nitrogen and oxygen atoms in total. The fourth-order valence-corrected chi connectivity index (χ4v) is 5.63. The molecule has 2 saturated heterocycles. The quantitative estimate of drug-likeness (QED) is 0.604. The number of rotatable bonds is 7. The van der Waals surface area contributed by atoms with Gasteiger partial charge >= 0.3 is 0 Å². The predicted molar refractivity (Wildman–Crippen MR) is 123 cm³/mol. The molecule has 2 N–H and O–H groups in total. The normalized spacial score (nSPS) is 28.8. The van der Waals surface area contributed by atoms with Gasteiger partial charge in [0.05, 0.1) is 11.7 Å². The summed E-state index contributed by atoms with van der Waals surface area (Å²) in [5.74, 6) is -0.841. The Kier molecular flexibility index (Phi) is 7.02. The summed E-state index contributed by atoms with van der Waals surface area (Å²) in [6.07, 6.45) is 1.55. The molecule has 3 aliphatic rings. The summed E-state index contributed by atoms with van der Waals surface area (Å²) in [5.41, 5.74) is 0.629. The van der Waals surface area contributed by atoms with Crippen LogP contribution < -0.4 is 10.6 Å². The van der Waals surface area contributed by atoms with Crippen LogP contribution in [0.4, 0.5) is 14.5 Å². The number of nitrogens with zero attached hydrogens (tertiary/aromatic N) is 3. The Morgan fingerprint density at radius 2 is 2.06 bits per heavy atom. The van der Waals surface area contributed by atoms with Crippen LogP contribution >= 0.6 is 0 Å². The lowest BCUT2D eigenvalue weighted by Crippen LogP contribution is -2.58. The summed E-state index contributed by atoms with van der Waals surface area (Å²) in [5, 5.41) is 5.58. The second-order valence-corrected chi connectivity index (χ2v) is 9.81. The third-order valence-electron chi connectivity index (χ3n) is 7.35. The molecule has 3 aliphatic heterocycles. The van der Waals surface area contributed by atoms with Crippen LogP contribution in [0.15, 0.2) is 12.1 Å². The third-order valence-corrected chi connectivity index (χ3v) is 7.35. The zero-order chi connectivity index (χ0) is 23.8. The molecule has 33 heavy (non-hydrogen) atoms. The van der Waals surface area contributed by atoms with E-state index < -0.39 is 11.7 Å². The molecule has 182 valence electrons. The number of carbonyl (C=O) groups excluding carboxylic acids is 2. The van der Waals surface area contributed by atoms with Crippen LogP contribution in [-0.2, 0) is 22.7 Å². The number of likely N-dealkylation sites (N-methyl/N-ethyl adjacent to an activating group) is 1. The maximum atomic E-state index is 15.3. The zero-order valence-corrected chi connectivity index (χ0v) is 19.8. The van der Waals surface area contributed by atoms with Gasteiger partial charge in [-0.25, -0.2) is 8.78 Å². The second kappa shape index (κ2) is 9.64. The Balaban J connectivity index is 1.36. The number of imide groups is 1. The number of likely N-dealkylation sites (tertiary alicyclic amines) is 1. The van der Waals surface area contributed by atoms with Crippen LogP contribution in [0.1, 0.15) is 44.2 Å². The molecule has 0 saturated carbocycles. The topological polar surface area (TPSA) is 67.9 Å². The first-order chi connectivity index (χ1) is 15.7. The molecule has 0 bridgehead atoms. The number of amides is 2. The van der Waals surface area contributed by atoms with Crippen molar-refractivity contribution in [2.75, 3.05) is 45.1 Å². The smallest absolute Gasteiger partial charge is 0.243 e. The van der Waals surface area contributed by atoms with Gasteiger partial charge < -0.3 is 10.2 Å². The highest BCUT2D eigenvalue weighted by Crippen LogP contribution is 2.33. The van der Waals surface area contributed by atoms with E-state index in [1.807, 2.05) is 29.8 Å². The molecule has 0 radical (unpaired) electrons. The maximum Gasteiger partial charge on any atom is 0.243 e. The van der Waals surface area contributed by atoms with Gasteiger partial charge in [-0.3, -0.25) is 24.7 Å². The summed E-state index contributed by atoms with van der Waals surface area (Å²) < 4.78 is 30.5. The number of nitrogens with one attached hydrogen (secondary N) is 2. The fraction of sp³-hybridized carbons (Fsp3) is 0.667. The largest absolute Gasteiger partial charge is 0.381 e. The van der Waals surface area contributed by atoms with Crippen LogP contribution in [-0.4, -0.2) is 84.0 Å². The van der Waals surface area contributed by atoms with E-state index in [-0.39, 0.29) is 23.7 Å². The van der Waals surface area contributed by atoms with Crippen molar-refractivity contribution < 1.29 is 18.4 Å². The van der Waals surface area contributed by atoms with Crippen molar-refractivity contribution in [2.24, 2.45) is 0 Å². The molecule has 3 atom stereocenters. The Labute approximate surface area is 194 Å². The van der Waals surface area contributed by atoms with E-state index in [0.717, 1.165) is 25.1 Å². The van der Waals surface area contributed by atoms with E-state index in [2.05, 4.69) is 15.5 Å². The molecule has 0 aliphatic carbocycles. The van der Waals surface area contributed by atoms with Gasteiger partial charge in [0, 0.05) is 50.7 Å². The van der Waals surface area contributed by atoms with Gasteiger partial charge in [0.15, 0.2) is 5.82 Å². The van der Waals surface area contributed by atoms with E-state index in [1.165, 1.54) is 0 Å². The van der Waals surface area contributed by atoms with E-state index in [1.54, 1.807) is 13.0 Å². The lowest BCUT2D eigenvalue weighted by atomic mass is 9.89. The van der Waals surface area contributed by atoms with E-state index in [4.69, 9.17) is 0 Å². The lowest BCUT2D eigenvalue weighted by molar-refractivity contribution is -0.137. The summed E-state index contributed by atoms with van der Waals surface area (Å²) in [6, 6.07) is 3.09. The average molecular weight is 464 g/mol. The average Bonchev–Trinajstić information content (AvgIpc) is 3.17. The lowest BCUT2D eigenvalue weighted by Gasteiger charge is -2.45. The molecule has 3 heterocycles. The van der Waals surface area contributed by atoms with Crippen LogP contribution in [0, 0.1) is 5.82 Å². The second-order valence-electron chi connectivity index (χ2n) is 9.81. The Hall–Kier alpha value is -2.10. The number of fused-ring (bicyclic) bond motifs is 1. The van der Waals surface area contributed by atoms with Crippen LogP contribution in [0.25, 0.3) is 0 Å². The number of halogens is 2. The van der Waals surface area contributed by atoms with Gasteiger partial charge in [-0.15, -0.1) is 0 Å². The molecule has 2 fully saturated rings. The van der Waals surface area contributed by atoms with Gasteiger partial charge in [0.2, 0.25) is 11.8 Å². The molecule has 1 aromatic rings. The first kappa shape index (κ1) is 24.0. The third kappa shape index (κ3) is 5.05. The number of alkyl halides is 1. The Morgan fingerprint density at radius 1 is 1.27 bits per heavy atom. The van der Waals surface area contributed by atoms with Crippen molar-refractivity contribution in [3.63, 3.8) is 0 Å². The number of hydrogen-bond acceptors (Lipinski definition) is 6. The molecule has 0 spiro atoms. The van der Waals surface area contributed by atoms with Crippen molar-refractivity contribution in [3.05, 3.63) is 29.1 Å². The molecule has 9 heteroatoms. The summed E-state index contributed by atoms with van der Waals surface area (Å²) in [6.45, 7) is 7.73. The number of anilines is 1. The van der Waals surface area contributed by atoms with Gasteiger partial charge in [0.25, 0.3) is 0 Å². The molecular formula is C24H35F2N5O2. The number of benzene rings is 1. The summed E-state index contributed by atoms with van der Waals surface area (Å²) in [4.78, 5) is 29.7. The fourth-order valence-electron chi connectivity index (χ4n) is 5.63. The zero-order valence-electron chi connectivity index (χ0n) is 19.8. The predicted octanol–water partition coefficient (Wildman–Crippen LogP) is 2.11.